The minimum atomic E-state index is -0.139. The van der Waals surface area contributed by atoms with Gasteiger partial charge in [0.15, 0.2) is 0 Å². The van der Waals surface area contributed by atoms with E-state index in [1.807, 2.05) is 42.5 Å². The molecule has 0 saturated carbocycles. The fourth-order valence-electron chi connectivity index (χ4n) is 4.29. The molecule has 2 N–H and O–H groups in total. The highest BCUT2D eigenvalue weighted by Gasteiger charge is 2.28. The lowest BCUT2D eigenvalue weighted by Crippen LogP contribution is -2.36. The predicted molar refractivity (Wildman–Crippen MR) is 139 cm³/mol. The number of anilines is 2. The fourth-order valence-corrected chi connectivity index (χ4v) is 4.46. The third-order valence-corrected chi connectivity index (χ3v) is 6.19. The average molecular weight is 460 g/mol. The average Bonchev–Trinajstić information content (AvgIpc) is 3.11. The quantitative estimate of drug-likeness (QED) is 0.378. The first-order valence-electron chi connectivity index (χ1n) is 11.4. The van der Waals surface area contributed by atoms with Crippen LogP contribution in [0.5, 0.6) is 0 Å². The molecule has 5 heteroatoms. The van der Waals surface area contributed by atoms with E-state index in [9.17, 15) is 4.79 Å². The van der Waals surface area contributed by atoms with Crippen molar-refractivity contribution in [3.05, 3.63) is 94.5 Å². The number of rotatable bonds is 7. The van der Waals surface area contributed by atoms with E-state index < -0.39 is 0 Å². The summed E-state index contributed by atoms with van der Waals surface area (Å²) in [6.45, 7) is 9.81. The van der Waals surface area contributed by atoms with E-state index in [2.05, 4.69) is 67.5 Å². The van der Waals surface area contributed by atoms with Gasteiger partial charge >= 0.3 is 0 Å². The molecule has 0 aromatic heterocycles. The van der Waals surface area contributed by atoms with Gasteiger partial charge in [-0.15, -0.1) is 0 Å². The number of nitrogens with zero attached hydrogens (tertiary/aromatic N) is 1. The van der Waals surface area contributed by atoms with Gasteiger partial charge in [-0.2, -0.15) is 0 Å². The molecule has 0 bridgehead atoms. The molecular weight excluding hydrogens is 430 g/mol. The molecule has 0 radical (unpaired) electrons. The molecule has 4 nitrogen and oxygen atoms in total. The van der Waals surface area contributed by atoms with Gasteiger partial charge in [0, 0.05) is 34.9 Å². The minimum absolute atomic E-state index is 0.139. The van der Waals surface area contributed by atoms with Gasteiger partial charge < -0.3 is 10.6 Å². The van der Waals surface area contributed by atoms with Crippen molar-refractivity contribution < 1.29 is 4.79 Å². The van der Waals surface area contributed by atoms with E-state index in [1.54, 1.807) is 6.07 Å². The van der Waals surface area contributed by atoms with Crippen LogP contribution >= 0.6 is 11.6 Å². The van der Waals surface area contributed by atoms with Crippen molar-refractivity contribution in [2.24, 2.45) is 0 Å². The van der Waals surface area contributed by atoms with Gasteiger partial charge in [0.05, 0.1) is 17.0 Å². The van der Waals surface area contributed by atoms with E-state index in [1.165, 1.54) is 5.56 Å². The number of carbonyl (C=O) groups excluding carboxylic acids is 1. The highest BCUT2D eigenvalue weighted by Crippen LogP contribution is 2.38. The van der Waals surface area contributed by atoms with Crippen molar-refractivity contribution >= 4 is 40.2 Å². The van der Waals surface area contributed by atoms with Crippen LogP contribution in [0.2, 0.25) is 5.02 Å². The third-order valence-electron chi connectivity index (χ3n) is 5.95. The van der Waals surface area contributed by atoms with Gasteiger partial charge in [-0.05, 0) is 63.1 Å². The van der Waals surface area contributed by atoms with Gasteiger partial charge in [-0.25, -0.2) is 0 Å². The van der Waals surface area contributed by atoms with Gasteiger partial charge in [0.2, 0.25) is 0 Å². The van der Waals surface area contributed by atoms with Crippen LogP contribution in [0.4, 0.5) is 11.4 Å². The molecule has 0 fully saturated rings. The number of hydrogen-bond acceptors (Lipinski definition) is 3. The number of nitrogens with one attached hydrogen (secondary N) is 2. The lowest BCUT2D eigenvalue weighted by molar-refractivity contribution is -0.110. The molecule has 1 amide bonds. The molecular formula is C28H30ClN3O. The summed E-state index contributed by atoms with van der Waals surface area (Å²) in [5, 5.41) is 7.07. The molecule has 4 rings (SSSR count). The van der Waals surface area contributed by atoms with E-state index in [0.717, 1.165) is 34.7 Å². The number of hydrogen-bond donors (Lipinski definition) is 2. The second-order valence-corrected chi connectivity index (χ2v) is 9.38. The zero-order chi connectivity index (χ0) is 23.5. The summed E-state index contributed by atoms with van der Waals surface area (Å²) < 4.78 is 0. The maximum absolute atomic E-state index is 13.0. The van der Waals surface area contributed by atoms with Gasteiger partial charge in [-0.3, -0.25) is 9.69 Å². The Hall–Kier alpha value is -3.08. The summed E-state index contributed by atoms with van der Waals surface area (Å²) in [5.74, 6) is -0.139. The first-order valence-corrected chi connectivity index (χ1v) is 11.7. The summed E-state index contributed by atoms with van der Waals surface area (Å²) in [6, 6.07) is 24.8. The molecule has 0 saturated heterocycles. The van der Waals surface area contributed by atoms with Crippen LogP contribution in [0.1, 0.15) is 44.4 Å². The van der Waals surface area contributed by atoms with Gasteiger partial charge in [-0.1, -0.05) is 60.1 Å². The van der Waals surface area contributed by atoms with Crippen LogP contribution in [0.3, 0.4) is 0 Å². The Balaban J connectivity index is 1.69. The molecule has 33 heavy (non-hydrogen) atoms. The normalized spacial score (nSPS) is 14.6. The lowest BCUT2D eigenvalue weighted by Gasteiger charge is -2.30. The zero-order valence-corrected chi connectivity index (χ0v) is 20.3. The maximum atomic E-state index is 13.0. The monoisotopic (exact) mass is 459 g/mol. The van der Waals surface area contributed by atoms with Crippen LogP contribution in [0.15, 0.2) is 72.8 Å². The van der Waals surface area contributed by atoms with Crippen molar-refractivity contribution in [3.8, 4) is 0 Å². The highest BCUT2D eigenvalue weighted by atomic mass is 35.5. The minimum Gasteiger partial charge on any atom is -0.354 e. The first-order chi connectivity index (χ1) is 15.8. The Bertz CT molecular complexity index is 1160. The summed E-state index contributed by atoms with van der Waals surface area (Å²) in [6.07, 6.45) is 0. The standard InChI is InChI=1S/C28H30ClN3O/c1-18(2)32(19(3)4)17-20-10-13-23(14-11-20)30-27(21-8-6-5-7-9-21)26-24-15-12-22(29)16-25(24)31-28(26)33/h5-16,18-19,30H,17H2,1-4H3,(H,31,33)/b27-26-. The number of amides is 1. The molecule has 0 aliphatic carbocycles. The zero-order valence-electron chi connectivity index (χ0n) is 19.5. The molecule has 170 valence electrons. The fraction of sp³-hybridized carbons (Fsp3) is 0.250. The van der Waals surface area contributed by atoms with Crippen LogP contribution in [0.25, 0.3) is 11.3 Å². The van der Waals surface area contributed by atoms with Crippen molar-refractivity contribution in [1.29, 1.82) is 0 Å². The first kappa shape index (κ1) is 23.1. The Morgan fingerprint density at radius 3 is 2.24 bits per heavy atom. The lowest BCUT2D eigenvalue weighted by atomic mass is 10.00. The van der Waals surface area contributed by atoms with E-state index >= 15 is 0 Å². The second kappa shape index (κ2) is 9.82. The van der Waals surface area contributed by atoms with Gasteiger partial charge in [0.1, 0.15) is 0 Å². The van der Waals surface area contributed by atoms with Crippen molar-refractivity contribution in [2.45, 2.75) is 46.3 Å². The summed E-state index contributed by atoms with van der Waals surface area (Å²) >= 11 is 6.15. The Labute approximate surface area is 201 Å². The van der Waals surface area contributed by atoms with Gasteiger partial charge in [0.25, 0.3) is 5.91 Å². The number of carbonyl (C=O) groups is 1. The molecule has 0 atom stereocenters. The van der Waals surface area contributed by atoms with E-state index in [-0.39, 0.29) is 5.91 Å². The van der Waals surface area contributed by atoms with Crippen LogP contribution in [-0.2, 0) is 11.3 Å². The van der Waals surface area contributed by atoms with Crippen LogP contribution in [0, 0.1) is 0 Å². The number of benzene rings is 3. The molecule has 1 aliphatic heterocycles. The molecule has 0 unspecified atom stereocenters. The molecule has 1 heterocycles. The summed E-state index contributed by atoms with van der Waals surface area (Å²) in [7, 11) is 0. The number of halogens is 1. The molecule has 3 aromatic carbocycles. The predicted octanol–water partition coefficient (Wildman–Crippen LogP) is 6.89. The van der Waals surface area contributed by atoms with Crippen molar-refractivity contribution in [3.63, 3.8) is 0 Å². The topological polar surface area (TPSA) is 44.4 Å². The van der Waals surface area contributed by atoms with E-state index in [4.69, 9.17) is 11.6 Å². The van der Waals surface area contributed by atoms with E-state index in [0.29, 0.717) is 22.7 Å². The largest absolute Gasteiger partial charge is 0.354 e. The highest BCUT2D eigenvalue weighted by molar-refractivity contribution is 6.38. The molecule has 0 spiro atoms. The Kier molecular flexibility index (Phi) is 6.87. The van der Waals surface area contributed by atoms with Crippen LogP contribution in [-0.4, -0.2) is 22.9 Å². The number of fused-ring (bicyclic) bond motifs is 1. The summed E-state index contributed by atoms with van der Waals surface area (Å²) in [4.78, 5) is 15.5. The third kappa shape index (κ3) is 5.13. The van der Waals surface area contributed by atoms with Crippen molar-refractivity contribution in [2.75, 3.05) is 10.6 Å². The van der Waals surface area contributed by atoms with Crippen LogP contribution < -0.4 is 10.6 Å². The Morgan fingerprint density at radius 2 is 1.61 bits per heavy atom. The smallest absolute Gasteiger partial charge is 0.258 e. The molecule has 1 aliphatic rings. The maximum Gasteiger partial charge on any atom is 0.258 e. The SMILES string of the molecule is CC(C)N(Cc1ccc(N/C(=C2\C(=O)Nc3cc(Cl)ccc32)c2ccccc2)cc1)C(C)C. The summed E-state index contributed by atoms with van der Waals surface area (Å²) in [5.41, 5.74) is 6.10. The Morgan fingerprint density at radius 1 is 0.939 bits per heavy atom. The second-order valence-electron chi connectivity index (χ2n) is 8.94. The molecule has 3 aromatic rings. The van der Waals surface area contributed by atoms with Crippen molar-refractivity contribution in [1.82, 2.24) is 4.90 Å².